The second-order valence-electron chi connectivity index (χ2n) is 4.09. The minimum atomic E-state index is -0.419. The van der Waals surface area contributed by atoms with E-state index in [1.54, 1.807) is 13.1 Å². The first-order chi connectivity index (χ1) is 9.08. The number of halogens is 1. The molecule has 0 spiro atoms. The molecule has 19 heavy (non-hydrogen) atoms. The number of nitriles is 1. The van der Waals surface area contributed by atoms with Crippen molar-refractivity contribution in [2.75, 3.05) is 20.1 Å². The van der Waals surface area contributed by atoms with Gasteiger partial charge in [0, 0.05) is 25.7 Å². The van der Waals surface area contributed by atoms with E-state index in [0.717, 1.165) is 0 Å². The van der Waals surface area contributed by atoms with E-state index in [0.29, 0.717) is 17.7 Å². The Morgan fingerprint density at radius 1 is 1.63 bits per heavy atom. The van der Waals surface area contributed by atoms with Gasteiger partial charge in [-0.3, -0.25) is 4.79 Å². The maximum atomic E-state index is 13.6. The van der Waals surface area contributed by atoms with Crippen molar-refractivity contribution >= 4 is 5.91 Å². The summed E-state index contributed by atoms with van der Waals surface area (Å²) in [7, 11) is 1.59. The number of likely N-dealkylation sites (N-methyl/N-ethyl adjacent to an activating group) is 1. The molecule has 1 aromatic rings. The van der Waals surface area contributed by atoms with E-state index in [9.17, 15) is 9.18 Å². The normalized spacial score (nSPS) is 9.74. The molecule has 100 valence electrons. The van der Waals surface area contributed by atoms with Crippen molar-refractivity contribution in [2.24, 2.45) is 0 Å². The molecule has 0 aliphatic carbocycles. The fourth-order valence-corrected chi connectivity index (χ4v) is 1.53. The van der Waals surface area contributed by atoms with Gasteiger partial charge in [-0.25, -0.2) is 4.39 Å². The summed E-state index contributed by atoms with van der Waals surface area (Å²) < 4.78 is 13.6. The van der Waals surface area contributed by atoms with Gasteiger partial charge < -0.3 is 10.2 Å². The van der Waals surface area contributed by atoms with Gasteiger partial charge in [0.15, 0.2) is 0 Å². The largest absolute Gasteiger partial charge is 0.340 e. The molecule has 1 aromatic carbocycles. The van der Waals surface area contributed by atoms with Crippen LogP contribution in [0.2, 0.25) is 0 Å². The lowest BCUT2D eigenvalue weighted by Gasteiger charge is -2.18. The van der Waals surface area contributed by atoms with Gasteiger partial charge in [-0.15, -0.1) is 6.58 Å². The van der Waals surface area contributed by atoms with Gasteiger partial charge in [0.25, 0.3) is 0 Å². The average molecular weight is 261 g/mol. The Hall–Kier alpha value is -2.19. The third-order valence-corrected chi connectivity index (χ3v) is 2.57. The van der Waals surface area contributed by atoms with E-state index in [1.165, 1.54) is 23.1 Å². The molecule has 0 radical (unpaired) electrons. The van der Waals surface area contributed by atoms with Gasteiger partial charge in [0.1, 0.15) is 5.82 Å². The Morgan fingerprint density at radius 3 is 3.00 bits per heavy atom. The molecule has 1 N–H and O–H groups in total. The average Bonchev–Trinajstić information content (AvgIpc) is 2.41. The van der Waals surface area contributed by atoms with E-state index >= 15 is 0 Å². The molecule has 0 fully saturated rings. The van der Waals surface area contributed by atoms with Crippen LogP contribution in [-0.4, -0.2) is 30.9 Å². The summed E-state index contributed by atoms with van der Waals surface area (Å²) in [4.78, 5) is 13.1. The summed E-state index contributed by atoms with van der Waals surface area (Å²) in [5.41, 5.74) is 0.709. The zero-order valence-corrected chi connectivity index (χ0v) is 10.8. The summed E-state index contributed by atoms with van der Waals surface area (Å²) in [5, 5.41) is 11.7. The lowest BCUT2D eigenvalue weighted by Crippen LogP contribution is -2.35. The van der Waals surface area contributed by atoms with E-state index in [4.69, 9.17) is 5.26 Å². The molecule has 0 unspecified atom stereocenters. The van der Waals surface area contributed by atoms with Crippen LogP contribution in [0.5, 0.6) is 0 Å². The van der Waals surface area contributed by atoms with Crippen LogP contribution in [0.15, 0.2) is 30.9 Å². The zero-order chi connectivity index (χ0) is 14.3. The first-order valence-electron chi connectivity index (χ1n) is 5.82. The van der Waals surface area contributed by atoms with Crippen LogP contribution in [0.3, 0.4) is 0 Å². The Labute approximate surface area is 112 Å². The van der Waals surface area contributed by atoms with E-state index < -0.39 is 5.82 Å². The molecule has 0 heterocycles. The molecular formula is C14H16FN3O. The SMILES string of the molecule is C=CCNCC(=O)N(C)Cc1cc(C#N)ccc1F. The van der Waals surface area contributed by atoms with E-state index in [-0.39, 0.29) is 19.0 Å². The number of carbonyl (C=O) groups excluding carboxylic acids is 1. The van der Waals surface area contributed by atoms with Crippen molar-refractivity contribution in [2.45, 2.75) is 6.54 Å². The van der Waals surface area contributed by atoms with Gasteiger partial charge in [-0.1, -0.05) is 6.08 Å². The maximum Gasteiger partial charge on any atom is 0.236 e. The number of hydrogen-bond acceptors (Lipinski definition) is 3. The Balaban J connectivity index is 2.66. The minimum Gasteiger partial charge on any atom is -0.340 e. The molecule has 0 aliphatic rings. The molecule has 1 rings (SSSR count). The molecule has 0 bridgehead atoms. The molecule has 0 aliphatic heterocycles. The Morgan fingerprint density at radius 2 is 2.37 bits per heavy atom. The van der Waals surface area contributed by atoms with Crippen LogP contribution in [0.1, 0.15) is 11.1 Å². The number of amides is 1. The Bertz CT molecular complexity index is 508. The first-order valence-corrected chi connectivity index (χ1v) is 5.82. The van der Waals surface area contributed by atoms with Crippen LogP contribution in [-0.2, 0) is 11.3 Å². The van der Waals surface area contributed by atoms with Crippen LogP contribution in [0.4, 0.5) is 4.39 Å². The number of benzene rings is 1. The molecule has 0 saturated heterocycles. The topological polar surface area (TPSA) is 56.1 Å². The summed E-state index contributed by atoms with van der Waals surface area (Å²) in [6, 6.07) is 6.05. The number of hydrogen-bond donors (Lipinski definition) is 1. The fourth-order valence-electron chi connectivity index (χ4n) is 1.53. The third kappa shape index (κ3) is 4.53. The standard InChI is InChI=1S/C14H16FN3O/c1-3-6-17-9-14(19)18(2)10-12-7-11(8-16)4-5-13(12)15/h3-5,7,17H,1,6,9-10H2,2H3. The third-order valence-electron chi connectivity index (χ3n) is 2.57. The molecular weight excluding hydrogens is 245 g/mol. The van der Waals surface area contributed by atoms with E-state index in [1.807, 2.05) is 6.07 Å². The molecule has 1 amide bonds. The highest BCUT2D eigenvalue weighted by Crippen LogP contribution is 2.12. The van der Waals surface area contributed by atoms with Crippen molar-refractivity contribution in [3.05, 3.63) is 47.8 Å². The van der Waals surface area contributed by atoms with Gasteiger partial charge >= 0.3 is 0 Å². The van der Waals surface area contributed by atoms with Crippen molar-refractivity contribution < 1.29 is 9.18 Å². The van der Waals surface area contributed by atoms with Crippen LogP contribution >= 0.6 is 0 Å². The fraction of sp³-hybridized carbons (Fsp3) is 0.286. The summed E-state index contributed by atoms with van der Waals surface area (Å²) in [6.07, 6.45) is 1.66. The lowest BCUT2D eigenvalue weighted by atomic mass is 10.1. The monoisotopic (exact) mass is 261 g/mol. The summed E-state index contributed by atoms with van der Waals surface area (Å²) >= 11 is 0. The first kappa shape index (κ1) is 14.9. The number of carbonyl (C=O) groups is 1. The number of rotatable bonds is 6. The molecule has 0 atom stereocenters. The molecule has 0 saturated carbocycles. The van der Waals surface area contributed by atoms with E-state index in [2.05, 4.69) is 11.9 Å². The minimum absolute atomic E-state index is 0.135. The highest BCUT2D eigenvalue weighted by molar-refractivity contribution is 5.78. The maximum absolute atomic E-state index is 13.6. The van der Waals surface area contributed by atoms with Gasteiger partial charge in [-0.05, 0) is 18.2 Å². The lowest BCUT2D eigenvalue weighted by molar-refractivity contribution is -0.129. The van der Waals surface area contributed by atoms with Gasteiger partial charge in [0.2, 0.25) is 5.91 Å². The second-order valence-corrected chi connectivity index (χ2v) is 4.09. The summed E-state index contributed by atoms with van der Waals surface area (Å²) in [6.45, 7) is 4.38. The summed E-state index contributed by atoms with van der Waals surface area (Å²) in [5.74, 6) is -0.568. The molecule has 0 aromatic heterocycles. The predicted octanol–water partition coefficient (Wildman–Crippen LogP) is 1.43. The van der Waals surface area contributed by atoms with Crippen molar-refractivity contribution in [1.82, 2.24) is 10.2 Å². The second kappa shape index (κ2) is 7.29. The van der Waals surface area contributed by atoms with Crippen LogP contribution < -0.4 is 5.32 Å². The predicted molar refractivity (Wildman–Crippen MR) is 70.7 cm³/mol. The highest BCUT2D eigenvalue weighted by atomic mass is 19.1. The highest BCUT2D eigenvalue weighted by Gasteiger charge is 2.11. The quantitative estimate of drug-likeness (QED) is 0.622. The zero-order valence-electron chi connectivity index (χ0n) is 10.8. The van der Waals surface area contributed by atoms with Gasteiger partial charge in [0.05, 0.1) is 18.2 Å². The van der Waals surface area contributed by atoms with Crippen molar-refractivity contribution in [3.8, 4) is 6.07 Å². The number of nitrogens with one attached hydrogen (secondary N) is 1. The smallest absolute Gasteiger partial charge is 0.236 e. The Kier molecular flexibility index (Phi) is 5.71. The van der Waals surface area contributed by atoms with Crippen molar-refractivity contribution in [3.63, 3.8) is 0 Å². The van der Waals surface area contributed by atoms with Crippen LogP contribution in [0.25, 0.3) is 0 Å². The molecule has 4 nitrogen and oxygen atoms in total. The molecule has 5 heteroatoms. The van der Waals surface area contributed by atoms with Crippen molar-refractivity contribution in [1.29, 1.82) is 5.26 Å². The van der Waals surface area contributed by atoms with Gasteiger partial charge in [-0.2, -0.15) is 5.26 Å². The number of nitrogens with zero attached hydrogens (tertiary/aromatic N) is 2. The van der Waals surface area contributed by atoms with Crippen LogP contribution in [0, 0.1) is 17.1 Å².